The normalized spacial score (nSPS) is 29.5. The minimum atomic E-state index is 0.116. The molecule has 0 bridgehead atoms. The molecule has 14 heavy (non-hydrogen) atoms. The first-order chi connectivity index (χ1) is 6.38. The lowest BCUT2D eigenvalue weighted by Gasteiger charge is -2.39. The summed E-state index contributed by atoms with van der Waals surface area (Å²) in [6.07, 6.45) is 2.88. The van der Waals surface area contributed by atoms with Gasteiger partial charge in [-0.1, -0.05) is 6.92 Å². The SMILES string of the molecule is CCC(=O)C1CCC(C)N1C(C)(C)C. The second-order valence-corrected chi connectivity index (χ2v) is 5.34. The van der Waals surface area contributed by atoms with E-state index in [1.807, 2.05) is 6.92 Å². The summed E-state index contributed by atoms with van der Waals surface area (Å²) >= 11 is 0. The largest absolute Gasteiger partial charge is 0.298 e. The Hall–Kier alpha value is -0.370. The van der Waals surface area contributed by atoms with E-state index in [1.165, 1.54) is 0 Å². The molecule has 1 rings (SSSR count). The van der Waals surface area contributed by atoms with Crippen LogP contribution >= 0.6 is 0 Å². The van der Waals surface area contributed by atoms with Gasteiger partial charge in [0.1, 0.15) is 5.78 Å². The highest BCUT2D eigenvalue weighted by molar-refractivity contribution is 5.84. The molecule has 1 fully saturated rings. The van der Waals surface area contributed by atoms with Crippen LogP contribution in [0, 0.1) is 0 Å². The van der Waals surface area contributed by atoms with Gasteiger partial charge in [0.25, 0.3) is 0 Å². The van der Waals surface area contributed by atoms with Gasteiger partial charge in [-0.2, -0.15) is 0 Å². The number of hydrogen-bond acceptors (Lipinski definition) is 2. The van der Waals surface area contributed by atoms with Gasteiger partial charge in [0.2, 0.25) is 0 Å². The Morgan fingerprint density at radius 1 is 1.36 bits per heavy atom. The zero-order valence-corrected chi connectivity index (χ0v) is 10.1. The molecular formula is C12H23NO. The molecule has 1 aliphatic rings. The Kier molecular flexibility index (Phi) is 3.36. The average molecular weight is 197 g/mol. The molecule has 2 atom stereocenters. The van der Waals surface area contributed by atoms with Gasteiger partial charge in [-0.25, -0.2) is 0 Å². The molecule has 0 N–H and O–H groups in total. The average Bonchev–Trinajstić information content (AvgIpc) is 2.44. The molecule has 0 aromatic carbocycles. The molecule has 0 aromatic heterocycles. The third kappa shape index (κ3) is 2.17. The molecule has 2 nitrogen and oxygen atoms in total. The van der Waals surface area contributed by atoms with Crippen LogP contribution in [0.5, 0.6) is 0 Å². The third-order valence-corrected chi connectivity index (χ3v) is 3.16. The molecule has 0 aliphatic carbocycles. The summed E-state index contributed by atoms with van der Waals surface area (Å²) in [7, 11) is 0. The van der Waals surface area contributed by atoms with Crippen LogP contribution in [0.25, 0.3) is 0 Å². The number of carbonyl (C=O) groups excluding carboxylic acids is 1. The minimum absolute atomic E-state index is 0.116. The molecule has 0 amide bonds. The van der Waals surface area contributed by atoms with Crippen LogP contribution in [0.4, 0.5) is 0 Å². The van der Waals surface area contributed by atoms with Crippen molar-refractivity contribution in [2.45, 2.75) is 71.5 Å². The van der Waals surface area contributed by atoms with Crippen molar-refractivity contribution in [1.29, 1.82) is 0 Å². The van der Waals surface area contributed by atoms with E-state index in [4.69, 9.17) is 0 Å². The number of rotatable bonds is 2. The number of likely N-dealkylation sites (tertiary alicyclic amines) is 1. The van der Waals surface area contributed by atoms with E-state index in [-0.39, 0.29) is 11.6 Å². The maximum absolute atomic E-state index is 11.8. The van der Waals surface area contributed by atoms with Crippen molar-refractivity contribution in [2.75, 3.05) is 0 Å². The molecule has 1 saturated heterocycles. The van der Waals surface area contributed by atoms with E-state index in [1.54, 1.807) is 0 Å². The minimum Gasteiger partial charge on any atom is -0.298 e. The monoisotopic (exact) mass is 197 g/mol. The zero-order valence-electron chi connectivity index (χ0n) is 10.1. The fraction of sp³-hybridized carbons (Fsp3) is 0.917. The number of ketones is 1. The molecule has 0 radical (unpaired) electrons. The van der Waals surface area contributed by atoms with Gasteiger partial charge in [-0.15, -0.1) is 0 Å². The lowest BCUT2D eigenvalue weighted by atomic mass is 10.0. The molecule has 0 spiro atoms. The lowest BCUT2D eigenvalue weighted by molar-refractivity contribution is -0.125. The maximum Gasteiger partial charge on any atom is 0.149 e. The van der Waals surface area contributed by atoms with E-state index in [9.17, 15) is 4.79 Å². The van der Waals surface area contributed by atoms with E-state index in [0.717, 1.165) is 12.8 Å². The highest BCUT2D eigenvalue weighted by Crippen LogP contribution is 2.32. The lowest BCUT2D eigenvalue weighted by Crippen LogP contribution is -2.50. The van der Waals surface area contributed by atoms with Crippen LogP contribution in [-0.4, -0.2) is 28.3 Å². The number of carbonyl (C=O) groups is 1. The molecular weight excluding hydrogens is 174 g/mol. The highest BCUT2D eigenvalue weighted by atomic mass is 16.1. The quantitative estimate of drug-likeness (QED) is 0.678. The Bertz CT molecular complexity index is 217. The summed E-state index contributed by atoms with van der Waals surface area (Å²) in [6, 6.07) is 0.727. The predicted molar refractivity (Wildman–Crippen MR) is 59.4 cm³/mol. The highest BCUT2D eigenvalue weighted by Gasteiger charge is 2.40. The Morgan fingerprint density at radius 2 is 1.93 bits per heavy atom. The standard InChI is InChI=1S/C12H23NO/c1-6-11(14)10-8-7-9(2)13(10)12(3,4)5/h9-10H,6-8H2,1-5H3. The van der Waals surface area contributed by atoms with Gasteiger partial charge in [0.05, 0.1) is 6.04 Å². The molecule has 0 saturated carbocycles. The topological polar surface area (TPSA) is 20.3 Å². The Morgan fingerprint density at radius 3 is 2.36 bits per heavy atom. The second kappa shape index (κ2) is 4.01. The maximum atomic E-state index is 11.8. The third-order valence-electron chi connectivity index (χ3n) is 3.16. The first-order valence-corrected chi connectivity index (χ1v) is 5.69. The van der Waals surface area contributed by atoms with Crippen LogP contribution in [0.15, 0.2) is 0 Å². The predicted octanol–water partition coefficient (Wildman–Crippen LogP) is 2.62. The van der Waals surface area contributed by atoms with E-state index in [0.29, 0.717) is 18.2 Å². The fourth-order valence-electron chi connectivity index (χ4n) is 2.66. The van der Waals surface area contributed by atoms with Crippen molar-refractivity contribution >= 4 is 5.78 Å². The number of hydrogen-bond donors (Lipinski definition) is 0. The number of nitrogens with zero attached hydrogens (tertiary/aromatic N) is 1. The van der Waals surface area contributed by atoms with Crippen molar-refractivity contribution in [2.24, 2.45) is 0 Å². The van der Waals surface area contributed by atoms with Crippen molar-refractivity contribution in [3.63, 3.8) is 0 Å². The second-order valence-electron chi connectivity index (χ2n) is 5.34. The molecule has 2 unspecified atom stereocenters. The Balaban J connectivity index is 2.82. The summed E-state index contributed by atoms with van der Waals surface area (Å²) in [6.45, 7) is 10.8. The van der Waals surface area contributed by atoms with Crippen LogP contribution in [0.2, 0.25) is 0 Å². The van der Waals surface area contributed by atoms with Gasteiger partial charge in [-0.05, 0) is 40.5 Å². The van der Waals surface area contributed by atoms with Gasteiger partial charge in [0.15, 0.2) is 0 Å². The van der Waals surface area contributed by atoms with Gasteiger partial charge in [0, 0.05) is 18.0 Å². The zero-order chi connectivity index (χ0) is 10.9. The van der Waals surface area contributed by atoms with Crippen molar-refractivity contribution in [1.82, 2.24) is 4.90 Å². The van der Waals surface area contributed by atoms with E-state index in [2.05, 4.69) is 32.6 Å². The molecule has 0 aromatic rings. The van der Waals surface area contributed by atoms with Gasteiger partial charge < -0.3 is 0 Å². The molecule has 1 heterocycles. The van der Waals surface area contributed by atoms with Gasteiger partial charge in [-0.3, -0.25) is 9.69 Å². The summed E-state index contributed by atoms with van der Waals surface area (Å²) in [5.74, 6) is 0.407. The van der Waals surface area contributed by atoms with Crippen LogP contribution in [-0.2, 0) is 4.79 Å². The van der Waals surface area contributed by atoms with Crippen molar-refractivity contribution in [3.05, 3.63) is 0 Å². The van der Waals surface area contributed by atoms with Crippen molar-refractivity contribution in [3.8, 4) is 0 Å². The Labute approximate surface area is 87.7 Å². The van der Waals surface area contributed by atoms with Crippen LogP contribution in [0.3, 0.4) is 0 Å². The summed E-state index contributed by atoms with van der Waals surface area (Å²) in [5, 5.41) is 0. The number of Topliss-reactive ketones (excluding diaryl/α,β-unsaturated/α-hetero) is 1. The summed E-state index contributed by atoms with van der Waals surface area (Å²) in [5.41, 5.74) is 0.116. The first-order valence-electron chi connectivity index (χ1n) is 5.69. The first kappa shape index (κ1) is 11.7. The van der Waals surface area contributed by atoms with E-state index < -0.39 is 0 Å². The summed E-state index contributed by atoms with van der Waals surface area (Å²) in [4.78, 5) is 14.2. The smallest absolute Gasteiger partial charge is 0.149 e. The van der Waals surface area contributed by atoms with Crippen molar-refractivity contribution < 1.29 is 4.79 Å². The molecule has 82 valence electrons. The van der Waals surface area contributed by atoms with Crippen LogP contribution < -0.4 is 0 Å². The van der Waals surface area contributed by atoms with Gasteiger partial charge >= 0.3 is 0 Å². The summed E-state index contributed by atoms with van der Waals surface area (Å²) < 4.78 is 0. The molecule has 1 aliphatic heterocycles. The van der Waals surface area contributed by atoms with E-state index >= 15 is 0 Å². The fourth-order valence-corrected chi connectivity index (χ4v) is 2.66. The van der Waals surface area contributed by atoms with Crippen LogP contribution in [0.1, 0.15) is 53.9 Å². The molecule has 2 heteroatoms.